The number of nitrogens with zero attached hydrogens (tertiary/aromatic N) is 1. The van der Waals surface area contributed by atoms with Crippen molar-refractivity contribution < 1.29 is 33.3 Å². The lowest BCUT2D eigenvalue weighted by Gasteiger charge is -2.21. The van der Waals surface area contributed by atoms with Crippen LogP contribution in [0.4, 0.5) is 0 Å². The molecular weight excluding hydrogens is 390 g/mol. The van der Waals surface area contributed by atoms with Crippen molar-refractivity contribution in [3.8, 4) is 23.0 Å². The van der Waals surface area contributed by atoms with E-state index in [1.807, 2.05) is 32.0 Å². The highest BCUT2D eigenvalue weighted by Gasteiger charge is 2.18. The van der Waals surface area contributed by atoms with E-state index in [4.69, 9.17) is 23.7 Å². The van der Waals surface area contributed by atoms with Crippen LogP contribution in [-0.4, -0.2) is 49.9 Å². The van der Waals surface area contributed by atoms with Crippen molar-refractivity contribution in [2.75, 3.05) is 33.2 Å². The van der Waals surface area contributed by atoms with Crippen molar-refractivity contribution in [3.63, 3.8) is 0 Å². The van der Waals surface area contributed by atoms with E-state index in [1.165, 1.54) is 0 Å². The molecule has 1 heterocycles. The van der Waals surface area contributed by atoms with Crippen LogP contribution in [0.15, 0.2) is 42.5 Å². The SMILES string of the molecule is CCOc1ccc(OCC(=O)OCC(=O)N(CC)Cc2ccc3c(c2)OCO3)cc1. The number of amides is 1. The molecule has 1 aliphatic heterocycles. The molecule has 2 aromatic carbocycles. The average Bonchev–Trinajstić information content (AvgIpc) is 3.23. The van der Waals surface area contributed by atoms with Gasteiger partial charge in [-0.3, -0.25) is 4.79 Å². The number of hydrogen-bond donors (Lipinski definition) is 0. The molecule has 8 heteroatoms. The van der Waals surface area contributed by atoms with E-state index in [0.29, 0.717) is 36.9 Å². The van der Waals surface area contributed by atoms with Crippen LogP contribution in [0, 0.1) is 0 Å². The normalized spacial score (nSPS) is 11.7. The summed E-state index contributed by atoms with van der Waals surface area (Å²) >= 11 is 0. The number of esters is 1. The Morgan fingerprint density at radius 3 is 2.33 bits per heavy atom. The quantitative estimate of drug-likeness (QED) is 0.552. The number of hydrogen-bond acceptors (Lipinski definition) is 7. The Kier molecular flexibility index (Phi) is 7.37. The lowest BCUT2D eigenvalue weighted by atomic mass is 10.2. The highest BCUT2D eigenvalue weighted by Crippen LogP contribution is 2.32. The van der Waals surface area contributed by atoms with E-state index < -0.39 is 5.97 Å². The second kappa shape index (κ2) is 10.4. The van der Waals surface area contributed by atoms with Gasteiger partial charge >= 0.3 is 5.97 Å². The average molecular weight is 415 g/mol. The van der Waals surface area contributed by atoms with E-state index in [0.717, 1.165) is 11.3 Å². The van der Waals surface area contributed by atoms with E-state index in [2.05, 4.69) is 0 Å². The predicted octanol–water partition coefficient (Wildman–Crippen LogP) is 2.78. The number of ether oxygens (including phenoxy) is 5. The standard InChI is InChI=1S/C22H25NO7/c1-3-23(12-16-5-10-19-20(11-16)30-15-29-19)21(24)13-28-22(25)14-27-18-8-6-17(7-9-18)26-4-2/h5-11H,3-4,12-15H2,1-2H3. The first-order valence-corrected chi connectivity index (χ1v) is 9.76. The number of carbonyl (C=O) groups excluding carboxylic acids is 2. The topological polar surface area (TPSA) is 83.5 Å². The van der Waals surface area contributed by atoms with Gasteiger partial charge in [-0.05, 0) is 55.8 Å². The molecule has 2 aromatic rings. The van der Waals surface area contributed by atoms with Gasteiger partial charge in [-0.25, -0.2) is 4.79 Å². The van der Waals surface area contributed by atoms with E-state index in [9.17, 15) is 9.59 Å². The summed E-state index contributed by atoms with van der Waals surface area (Å²) in [7, 11) is 0. The Morgan fingerprint density at radius 2 is 1.63 bits per heavy atom. The minimum atomic E-state index is -0.614. The van der Waals surface area contributed by atoms with E-state index in [-0.39, 0.29) is 25.9 Å². The molecule has 0 saturated carbocycles. The van der Waals surface area contributed by atoms with Gasteiger partial charge in [0.2, 0.25) is 6.79 Å². The second-order valence-corrected chi connectivity index (χ2v) is 6.45. The summed E-state index contributed by atoms with van der Waals surface area (Å²) in [5.41, 5.74) is 0.902. The van der Waals surface area contributed by atoms with Crippen molar-refractivity contribution in [1.29, 1.82) is 0 Å². The number of benzene rings is 2. The number of likely N-dealkylation sites (N-methyl/N-ethyl adjacent to an activating group) is 1. The molecule has 30 heavy (non-hydrogen) atoms. The van der Waals surface area contributed by atoms with Crippen molar-refractivity contribution in [2.24, 2.45) is 0 Å². The maximum Gasteiger partial charge on any atom is 0.344 e. The van der Waals surface area contributed by atoms with Crippen molar-refractivity contribution in [1.82, 2.24) is 4.90 Å². The monoisotopic (exact) mass is 415 g/mol. The first-order chi connectivity index (χ1) is 14.6. The maximum atomic E-state index is 12.4. The largest absolute Gasteiger partial charge is 0.494 e. The zero-order valence-corrected chi connectivity index (χ0v) is 17.1. The fourth-order valence-corrected chi connectivity index (χ4v) is 2.85. The van der Waals surface area contributed by atoms with Crippen LogP contribution in [0.1, 0.15) is 19.4 Å². The number of carbonyl (C=O) groups is 2. The van der Waals surface area contributed by atoms with Gasteiger partial charge in [0, 0.05) is 13.1 Å². The summed E-state index contributed by atoms with van der Waals surface area (Å²) in [5.74, 6) is 1.68. The maximum absolute atomic E-state index is 12.4. The molecule has 0 aromatic heterocycles. The summed E-state index contributed by atoms with van der Waals surface area (Å²) in [6.07, 6.45) is 0. The minimum Gasteiger partial charge on any atom is -0.494 e. The van der Waals surface area contributed by atoms with Crippen molar-refractivity contribution >= 4 is 11.9 Å². The third-order valence-electron chi connectivity index (χ3n) is 4.39. The van der Waals surface area contributed by atoms with Gasteiger partial charge in [-0.1, -0.05) is 6.07 Å². The summed E-state index contributed by atoms with van der Waals surface area (Å²) in [6.45, 7) is 4.77. The van der Waals surface area contributed by atoms with Crippen LogP contribution in [0.5, 0.6) is 23.0 Å². The van der Waals surface area contributed by atoms with Gasteiger partial charge < -0.3 is 28.6 Å². The van der Waals surface area contributed by atoms with E-state index in [1.54, 1.807) is 29.2 Å². The Bertz CT molecular complexity index is 866. The Morgan fingerprint density at radius 1 is 0.933 bits per heavy atom. The fourth-order valence-electron chi connectivity index (χ4n) is 2.85. The molecular formula is C22H25NO7. The molecule has 0 bridgehead atoms. The van der Waals surface area contributed by atoms with Gasteiger partial charge in [-0.15, -0.1) is 0 Å². The molecule has 0 saturated heterocycles. The highest BCUT2D eigenvalue weighted by molar-refractivity contribution is 5.81. The summed E-state index contributed by atoms with van der Waals surface area (Å²) < 4.78 is 26.4. The fraction of sp³-hybridized carbons (Fsp3) is 0.364. The lowest BCUT2D eigenvalue weighted by molar-refractivity contribution is -0.153. The van der Waals surface area contributed by atoms with Crippen molar-refractivity contribution in [3.05, 3.63) is 48.0 Å². The Labute approximate surface area is 175 Å². The first-order valence-electron chi connectivity index (χ1n) is 9.76. The first kappa shape index (κ1) is 21.3. The van der Waals surface area contributed by atoms with Crippen LogP contribution >= 0.6 is 0 Å². The zero-order valence-electron chi connectivity index (χ0n) is 17.1. The summed E-state index contributed by atoms with van der Waals surface area (Å²) in [5, 5.41) is 0. The van der Waals surface area contributed by atoms with Gasteiger partial charge in [0.15, 0.2) is 24.7 Å². The molecule has 0 aliphatic carbocycles. The molecule has 3 rings (SSSR count). The van der Waals surface area contributed by atoms with Gasteiger partial charge in [0.1, 0.15) is 11.5 Å². The molecule has 1 amide bonds. The van der Waals surface area contributed by atoms with E-state index >= 15 is 0 Å². The Balaban J connectivity index is 1.43. The zero-order chi connectivity index (χ0) is 21.3. The summed E-state index contributed by atoms with van der Waals surface area (Å²) in [6, 6.07) is 12.4. The highest BCUT2D eigenvalue weighted by atomic mass is 16.7. The molecule has 160 valence electrons. The third-order valence-corrected chi connectivity index (χ3v) is 4.39. The minimum absolute atomic E-state index is 0.198. The number of rotatable bonds is 10. The van der Waals surface area contributed by atoms with Gasteiger partial charge in [-0.2, -0.15) is 0 Å². The third kappa shape index (κ3) is 5.79. The van der Waals surface area contributed by atoms with Crippen molar-refractivity contribution in [2.45, 2.75) is 20.4 Å². The number of fused-ring (bicyclic) bond motifs is 1. The van der Waals surface area contributed by atoms with Crippen LogP contribution in [0.25, 0.3) is 0 Å². The van der Waals surface area contributed by atoms with Crippen LogP contribution in [0.3, 0.4) is 0 Å². The predicted molar refractivity (Wildman–Crippen MR) is 108 cm³/mol. The van der Waals surface area contributed by atoms with Crippen LogP contribution in [-0.2, 0) is 20.9 Å². The molecule has 0 atom stereocenters. The Hall–Kier alpha value is -3.42. The smallest absolute Gasteiger partial charge is 0.344 e. The molecule has 1 aliphatic rings. The molecule has 0 radical (unpaired) electrons. The van der Waals surface area contributed by atoms with Crippen LogP contribution < -0.4 is 18.9 Å². The lowest BCUT2D eigenvalue weighted by Crippen LogP contribution is -2.34. The molecule has 0 N–H and O–H groups in total. The van der Waals surface area contributed by atoms with Crippen LogP contribution in [0.2, 0.25) is 0 Å². The molecule has 0 spiro atoms. The summed E-state index contributed by atoms with van der Waals surface area (Å²) in [4.78, 5) is 25.9. The molecule has 0 unspecified atom stereocenters. The van der Waals surface area contributed by atoms with Gasteiger partial charge in [0.25, 0.3) is 5.91 Å². The molecule has 8 nitrogen and oxygen atoms in total. The van der Waals surface area contributed by atoms with Gasteiger partial charge in [0.05, 0.1) is 6.61 Å². The second-order valence-electron chi connectivity index (χ2n) is 6.45. The molecule has 0 fully saturated rings.